The van der Waals surface area contributed by atoms with E-state index in [4.69, 9.17) is 80.4 Å². The number of carbonyl (C=O) groups is 3. The van der Waals surface area contributed by atoms with Gasteiger partial charge >= 0.3 is 18.3 Å². The number of anilines is 6. The molecular formula is C75H81Cl3N6O9. The molecule has 6 N–H and O–H groups in total. The molecule has 0 saturated carbocycles. The van der Waals surface area contributed by atoms with Crippen molar-refractivity contribution in [2.24, 2.45) is 0 Å². The third-order valence-corrected chi connectivity index (χ3v) is 17.0. The Morgan fingerprint density at radius 3 is 0.849 bits per heavy atom. The van der Waals surface area contributed by atoms with Crippen molar-refractivity contribution in [3.63, 3.8) is 0 Å². The normalized spacial score (nSPS) is 15.7. The molecular weight excluding hydrogens is 1240 g/mol. The summed E-state index contributed by atoms with van der Waals surface area (Å²) in [6.45, 7) is 19.4. The zero-order valence-electron chi connectivity index (χ0n) is 54.1. The van der Waals surface area contributed by atoms with E-state index in [2.05, 4.69) is 0 Å². The first-order valence-electron chi connectivity index (χ1n) is 31.1. The van der Waals surface area contributed by atoms with Crippen LogP contribution in [0.5, 0.6) is 17.2 Å². The van der Waals surface area contributed by atoms with Crippen molar-refractivity contribution in [1.29, 1.82) is 0 Å². The van der Waals surface area contributed by atoms with Crippen LogP contribution >= 0.6 is 34.8 Å². The molecule has 18 heteroatoms. The number of halogens is 3. The molecule has 3 aliphatic rings. The van der Waals surface area contributed by atoms with Gasteiger partial charge in [0.15, 0.2) is 0 Å². The van der Waals surface area contributed by atoms with Crippen molar-refractivity contribution in [2.75, 3.05) is 69.2 Å². The number of ether oxygens (including phenoxy) is 6. The van der Waals surface area contributed by atoms with Gasteiger partial charge in [-0.25, -0.2) is 14.4 Å². The Labute approximate surface area is 559 Å². The summed E-state index contributed by atoms with van der Waals surface area (Å²) in [5.41, 5.74) is 27.0. The van der Waals surface area contributed by atoms with Crippen LogP contribution in [0.2, 0.25) is 0 Å². The maximum atomic E-state index is 13.0. The standard InChI is InChI=1S/3C25H27ClN2O3/c3*1-25(2,3)31-24(29)28-14-17(13-26)23-20-11-18(27)9-10-19(20)22(12-21(23)28)30-15-16-7-5-4-6-8-16/h3*4-12,17H,13-15,27H2,1-3H3/t2*17-;/m10./s1. The summed E-state index contributed by atoms with van der Waals surface area (Å²) >= 11 is 19.0. The van der Waals surface area contributed by atoms with Gasteiger partial charge in [-0.05, 0) is 166 Å². The van der Waals surface area contributed by atoms with E-state index in [9.17, 15) is 14.4 Å². The average Bonchev–Trinajstić information content (AvgIpc) is 1.67. The first-order chi connectivity index (χ1) is 44.3. The number of amides is 3. The number of nitrogens with zero attached hydrogens (tertiary/aromatic N) is 3. The van der Waals surface area contributed by atoms with Crippen LogP contribution in [-0.4, -0.2) is 72.4 Å². The molecule has 3 aliphatic heterocycles. The zero-order valence-corrected chi connectivity index (χ0v) is 56.3. The second-order valence-corrected chi connectivity index (χ2v) is 27.4. The Bertz CT molecular complexity index is 3750. The van der Waals surface area contributed by atoms with E-state index in [0.717, 1.165) is 82.8 Å². The predicted molar refractivity (Wildman–Crippen MR) is 379 cm³/mol. The van der Waals surface area contributed by atoms with Crippen molar-refractivity contribution < 1.29 is 42.8 Å². The maximum Gasteiger partial charge on any atom is 0.414 e. The summed E-state index contributed by atoms with van der Waals surface area (Å²) in [6, 6.07) is 53.0. The monoisotopic (exact) mass is 1310 g/mol. The molecule has 93 heavy (non-hydrogen) atoms. The molecule has 9 aromatic rings. The first kappa shape index (κ1) is 67.1. The lowest BCUT2D eigenvalue weighted by Crippen LogP contribution is -2.36. The average molecular weight is 1320 g/mol. The fourth-order valence-electron chi connectivity index (χ4n) is 11.9. The van der Waals surface area contributed by atoms with Crippen LogP contribution in [0.3, 0.4) is 0 Å². The highest BCUT2D eigenvalue weighted by Gasteiger charge is 2.40. The van der Waals surface area contributed by atoms with Gasteiger partial charge in [-0.15, -0.1) is 34.8 Å². The van der Waals surface area contributed by atoms with E-state index >= 15 is 0 Å². The topological polar surface area (TPSA) is 194 Å². The number of carbonyl (C=O) groups excluding carboxylic acids is 3. The number of nitrogens with two attached hydrogens (primary N) is 3. The summed E-state index contributed by atoms with van der Waals surface area (Å²) in [5.74, 6) is 3.20. The van der Waals surface area contributed by atoms with Gasteiger partial charge in [0.25, 0.3) is 0 Å². The molecule has 3 heterocycles. The van der Waals surface area contributed by atoms with Crippen LogP contribution in [0, 0.1) is 0 Å². The number of hydrogen-bond donors (Lipinski definition) is 3. The molecule has 3 amide bonds. The van der Waals surface area contributed by atoms with Crippen LogP contribution < -0.4 is 46.1 Å². The Morgan fingerprint density at radius 1 is 0.376 bits per heavy atom. The number of rotatable bonds is 12. The van der Waals surface area contributed by atoms with Crippen molar-refractivity contribution in [2.45, 2.75) is 117 Å². The highest BCUT2D eigenvalue weighted by molar-refractivity contribution is 6.20. The van der Waals surface area contributed by atoms with Gasteiger partial charge in [-0.3, -0.25) is 14.7 Å². The molecule has 0 saturated heterocycles. The molecule has 0 bridgehead atoms. The summed E-state index contributed by atoms with van der Waals surface area (Å²) in [4.78, 5) is 43.9. The van der Waals surface area contributed by atoms with Gasteiger partial charge in [-0.1, -0.05) is 91.0 Å². The van der Waals surface area contributed by atoms with Crippen molar-refractivity contribution in [1.82, 2.24) is 0 Å². The molecule has 1 unspecified atom stereocenters. The number of alkyl halides is 3. The van der Waals surface area contributed by atoms with Gasteiger partial charge in [0.05, 0.1) is 17.1 Å². The lowest BCUT2D eigenvalue weighted by atomic mass is 9.95. The fourth-order valence-corrected chi connectivity index (χ4v) is 12.6. The molecule has 12 rings (SSSR count). The minimum atomic E-state index is -0.593. The molecule has 486 valence electrons. The van der Waals surface area contributed by atoms with E-state index in [1.807, 2.05) is 226 Å². The molecule has 0 aliphatic carbocycles. The minimum Gasteiger partial charge on any atom is -0.488 e. The second kappa shape index (κ2) is 28.2. The number of fused-ring (bicyclic) bond motifs is 9. The van der Waals surface area contributed by atoms with Crippen molar-refractivity contribution in [3.05, 3.63) is 197 Å². The smallest absolute Gasteiger partial charge is 0.414 e. The third-order valence-electron chi connectivity index (χ3n) is 15.8. The number of hydrogen-bond acceptors (Lipinski definition) is 12. The Hall–Kier alpha value is -8.76. The predicted octanol–water partition coefficient (Wildman–Crippen LogP) is 18.2. The van der Waals surface area contributed by atoms with E-state index in [1.54, 1.807) is 14.7 Å². The minimum absolute atomic E-state index is 0.0170. The van der Waals surface area contributed by atoms with Gasteiger partial charge < -0.3 is 45.6 Å². The molecule has 15 nitrogen and oxygen atoms in total. The summed E-state index contributed by atoms with van der Waals surface area (Å²) in [7, 11) is 0. The Kier molecular flexibility index (Phi) is 20.4. The molecule has 0 radical (unpaired) electrons. The summed E-state index contributed by atoms with van der Waals surface area (Å²) < 4.78 is 35.6. The summed E-state index contributed by atoms with van der Waals surface area (Å²) in [5, 5.41) is 5.71. The molecule has 9 aromatic carbocycles. The second-order valence-electron chi connectivity index (χ2n) is 26.5. The van der Waals surface area contributed by atoms with Crippen LogP contribution in [0.25, 0.3) is 32.3 Å². The van der Waals surface area contributed by atoms with Gasteiger partial charge in [0.2, 0.25) is 0 Å². The number of nitrogen functional groups attached to an aromatic ring is 3. The molecule has 3 atom stereocenters. The highest BCUT2D eigenvalue weighted by Crippen LogP contribution is 2.50. The largest absolute Gasteiger partial charge is 0.488 e. The van der Waals surface area contributed by atoms with E-state index in [-0.39, 0.29) is 17.8 Å². The summed E-state index contributed by atoms with van der Waals surface area (Å²) in [6.07, 6.45) is -1.17. The fraction of sp³-hybridized carbons (Fsp3) is 0.320. The van der Waals surface area contributed by atoms with E-state index in [1.165, 1.54) is 0 Å². The number of benzene rings is 9. The molecule has 0 spiro atoms. The first-order valence-corrected chi connectivity index (χ1v) is 32.7. The lowest BCUT2D eigenvalue weighted by molar-refractivity contribution is 0.0571. The molecule has 0 aromatic heterocycles. The van der Waals surface area contributed by atoms with Gasteiger partial charge in [0, 0.05) is 106 Å². The quantitative estimate of drug-likeness (QED) is 0.0596. The van der Waals surface area contributed by atoms with E-state index < -0.39 is 35.1 Å². The highest BCUT2D eigenvalue weighted by atomic mass is 35.5. The Balaban J connectivity index is 0.000000153. The molecule has 0 fully saturated rings. The lowest BCUT2D eigenvalue weighted by Gasteiger charge is -2.25. The van der Waals surface area contributed by atoms with Gasteiger partial charge in [0.1, 0.15) is 53.9 Å². The van der Waals surface area contributed by atoms with E-state index in [0.29, 0.717) is 91.4 Å². The van der Waals surface area contributed by atoms with Crippen molar-refractivity contribution >= 4 is 120 Å². The van der Waals surface area contributed by atoms with Crippen LogP contribution in [0.1, 0.15) is 113 Å². The van der Waals surface area contributed by atoms with Gasteiger partial charge in [-0.2, -0.15) is 0 Å². The zero-order chi connectivity index (χ0) is 66.5. The SMILES string of the molecule is CC(C)(C)OC(=O)N1CC(CCl)c2c1cc(OCc1ccccc1)c1ccc(N)cc21.CC(C)(C)OC(=O)N1C[C@@H](CCl)c2c1cc(OCc1ccccc1)c1ccc(N)cc21.CC(C)(C)OC(=O)N1C[C@H](CCl)c2c1cc(OCc1ccccc1)c1ccc(N)cc21. The van der Waals surface area contributed by atoms with Crippen LogP contribution in [0.15, 0.2) is 164 Å². The third kappa shape index (κ3) is 15.8. The van der Waals surface area contributed by atoms with Crippen LogP contribution in [-0.2, 0) is 34.0 Å². The Morgan fingerprint density at radius 2 is 0.624 bits per heavy atom. The van der Waals surface area contributed by atoms with Crippen molar-refractivity contribution in [3.8, 4) is 17.2 Å². The maximum absolute atomic E-state index is 13.0. The van der Waals surface area contributed by atoms with Crippen LogP contribution in [0.4, 0.5) is 48.5 Å².